The van der Waals surface area contributed by atoms with Gasteiger partial charge in [-0.1, -0.05) is 18.9 Å². The van der Waals surface area contributed by atoms with E-state index in [0.29, 0.717) is 30.9 Å². The lowest BCUT2D eigenvalue weighted by Crippen LogP contribution is -2.62. The minimum Gasteiger partial charge on any atom is -0.493 e. The van der Waals surface area contributed by atoms with Gasteiger partial charge >= 0.3 is 5.97 Å². The lowest BCUT2D eigenvalue weighted by Gasteiger charge is -2.49. The van der Waals surface area contributed by atoms with E-state index in [9.17, 15) is 9.59 Å². The molecule has 26 heavy (non-hydrogen) atoms. The first-order valence-corrected chi connectivity index (χ1v) is 8.85. The summed E-state index contributed by atoms with van der Waals surface area (Å²) in [4.78, 5) is 27.2. The quantitative estimate of drug-likeness (QED) is 0.753. The molecule has 1 aromatic rings. The molecule has 0 N–H and O–H groups in total. The van der Waals surface area contributed by atoms with Gasteiger partial charge < -0.3 is 19.1 Å². The second-order valence-electron chi connectivity index (χ2n) is 6.75. The lowest BCUT2D eigenvalue weighted by molar-refractivity contribution is -0.164. The highest BCUT2D eigenvalue weighted by atomic mass is 16.5. The van der Waals surface area contributed by atoms with E-state index in [1.165, 1.54) is 7.11 Å². The van der Waals surface area contributed by atoms with Gasteiger partial charge in [0.05, 0.1) is 27.2 Å². The maximum Gasteiger partial charge on any atom is 0.332 e. The fraction of sp³-hybridized carbons (Fsp3) is 0.500. The molecule has 1 aromatic carbocycles. The van der Waals surface area contributed by atoms with Crippen molar-refractivity contribution in [2.24, 2.45) is 5.92 Å². The molecular formula is C20H25NO5. The van der Waals surface area contributed by atoms with Gasteiger partial charge in [0.15, 0.2) is 17.3 Å². The maximum atomic E-state index is 12.8. The van der Waals surface area contributed by atoms with E-state index in [0.717, 1.165) is 18.4 Å². The number of carbonyl (C=O) groups is 2. The molecule has 1 aliphatic heterocycles. The number of carbonyl (C=O) groups excluding carboxylic acids is 2. The molecule has 0 unspecified atom stereocenters. The maximum absolute atomic E-state index is 12.8. The highest BCUT2D eigenvalue weighted by Gasteiger charge is 2.55. The number of hydrogen-bond donors (Lipinski definition) is 0. The Balaban J connectivity index is 1.98. The summed E-state index contributed by atoms with van der Waals surface area (Å²) in [5, 5.41) is 0. The zero-order valence-electron chi connectivity index (χ0n) is 15.5. The van der Waals surface area contributed by atoms with Gasteiger partial charge in [-0.25, -0.2) is 4.79 Å². The standard InChI is InChI=1S/C20H25NO5/c1-24-17-8-7-14(12-18(17)25-2)13-21-11-9-16(22)15-6-4-5-10-20(15,21)19(23)26-3/h7-9,11-12,15H,4-6,10,13H2,1-3H3/t15-,20-/m1/s1. The monoisotopic (exact) mass is 359 g/mol. The first kappa shape index (κ1) is 18.3. The average Bonchev–Trinajstić information content (AvgIpc) is 2.69. The summed E-state index contributed by atoms with van der Waals surface area (Å²) in [5.41, 5.74) is 0.0423. The van der Waals surface area contributed by atoms with Crippen molar-refractivity contribution >= 4 is 11.8 Å². The summed E-state index contributed by atoms with van der Waals surface area (Å²) in [6.07, 6.45) is 6.49. The first-order valence-electron chi connectivity index (χ1n) is 8.85. The van der Waals surface area contributed by atoms with E-state index in [2.05, 4.69) is 0 Å². The highest BCUT2D eigenvalue weighted by molar-refractivity contribution is 5.99. The van der Waals surface area contributed by atoms with Crippen LogP contribution in [0.2, 0.25) is 0 Å². The number of ketones is 1. The molecular weight excluding hydrogens is 334 g/mol. The predicted molar refractivity (Wildman–Crippen MR) is 95.9 cm³/mol. The van der Waals surface area contributed by atoms with Gasteiger partial charge in [-0.15, -0.1) is 0 Å². The number of rotatable bonds is 5. The van der Waals surface area contributed by atoms with Crippen LogP contribution < -0.4 is 9.47 Å². The van der Waals surface area contributed by atoms with Gasteiger partial charge in [0, 0.05) is 12.7 Å². The molecule has 6 heteroatoms. The fourth-order valence-electron chi connectivity index (χ4n) is 4.20. The molecule has 0 saturated heterocycles. The molecule has 2 aliphatic rings. The van der Waals surface area contributed by atoms with Crippen molar-refractivity contribution in [2.45, 2.75) is 37.8 Å². The van der Waals surface area contributed by atoms with Crippen molar-refractivity contribution in [3.05, 3.63) is 36.0 Å². The number of hydrogen-bond acceptors (Lipinski definition) is 6. The van der Waals surface area contributed by atoms with Crippen molar-refractivity contribution < 1.29 is 23.8 Å². The van der Waals surface area contributed by atoms with Crippen molar-refractivity contribution in [1.29, 1.82) is 0 Å². The van der Waals surface area contributed by atoms with Crippen LogP contribution in [0, 0.1) is 5.92 Å². The number of benzene rings is 1. The average molecular weight is 359 g/mol. The third kappa shape index (κ3) is 2.93. The zero-order chi connectivity index (χ0) is 18.7. The Labute approximate surface area is 153 Å². The van der Waals surface area contributed by atoms with Crippen LogP contribution in [0.25, 0.3) is 0 Å². The van der Waals surface area contributed by atoms with E-state index < -0.39 is 5.54 Å². The second kappa shape index (κ2) is 7.40. The minimum absolute atomic E-state index is 0.0126. The number of esters is 1. The molecule has 1 saturated carbocycles. The summed E-state index contributed by atoms with van der Waals surface area (Å²) in [6.45, 7) is 0.482. The molecule has 6 nitrogen and oxygen atoms in total. The molecule has 1 heterocycles. The smallest absolute Gasteiger partial charge is 0.332 e. The Morgan fingerprint density at radius 2 is 1.96 bits per heavy atom. The molecule has 0 bridgehead atoms. The van der Waals surface area contributed by atoms with Crippen LogP contribution in [0.5, 0.6) is 11.5 Å². The van der Waals surface area contributed by atoms with Crippen molar-refractivity contribution in [3.63, 3.8) is 0 Å². The van der Waals surface area contributed by atoms with Crippen LogP contribution in [-0.2, 0) is 20.9 Å². The molecule has 0 spiro atoms. The fourth-order valence-corrected chi connectivity index (χ4v) is 4.20. The largest absolute Gasteiger partial charge is 0.493 e. The van der Waals surface area contributed by atoms with Crippen LogP contribution in [0.1, 0.15) is 31.2 Å². The van der Waals surface area contributed by atoms with E-state index in [4.69, 9.17) is 14.2 Å². The SMILES string of the molecule is COC(=O)[C@@]12CCCC[C@@H]1C(=O)C=CN2Cc1ccc(OC)c(OC)c1. The van der Waals surface area contributed by atoms with Crippen LogP contribution in [0.3, 0.4) is 0 Å². The molecule has 0 aromatic heterocycles. The summed E-state index contributed by atoms with van der Waals surface area (Å²) < 4.78 is 15.8. The third-order valence-corrected chi connectivity index (χ3v) is 5.49. The summed E-state index contributed by atoms with van der Waals surface area (Å²) in [7, 11) is 4.57. The predicted octanol–water partition coefficient (Wildman–Crippen LogP) is 2.70. The van der Waals surface area contributed by atoms with Crippen molar-refractivity contribution in [3.8, 4) is 11.5 Å². The first-order chi connectivity index (χ1) is 12.6. The molecule has 140 valence electrons. The molecule has 0 amide bonds. The third-order valence-electron chi connectivity index (χ3n) is 5.49. The Hall–Kier alpha value is -2.50. The Morgan fingerprint density at radius 3 is 2.65 bits per heavy atom. The van der Waals surface area contributed by atoms with E-state index in [1.807, 2.05) is 23.1 Å². The lowest BCUT2D eigenvalue weighted by atomic mass is 9.68. The van der Waals surface area contributed by atoms with Crippen LogP contribution in [0.4, 0.5) is 0 Å². The number of allylic oxidation sites excluding steroid dienone is 1. The topological polar surface area (TPSA) is 65.1 Å². The Bertz CT molecular complexity index is 729. The van der Waals surface area contributed by atoms with Crippen LogP contribution in [-0.4, -0.2) is 43.5 Å². The van der Waals surface area contributed by atoms with Gasteiger partial charge in [0.1, 0.15) is 5.54 Å². The minimum atomic E-state index is -0.925. The molecule has 1 aliphatic carbocycles. The zero-order valence-corrected chi connectivity index (χ0v) is 15.5. The Kier molecular flexibility index (Phi) is 5.20. The molecule has 1 fully saturated rings. The molecule has 2 atom stereocenters. The second-order valence-corrected chi connectivity index (χ2v) is 6.75. The van der Waals surface area contributed by atoms with Gasteiger partial charge in [-0.05, 0) is 36.6 Å². The normalized spacial score (nSPS) is 24.8. The van der Waals surface area contributed by atoms with E-state index in [-0.39, 0.29) is 17.7 Å². The number of nitrogens with zero attached hydrogens (tertiary/aromatic N) is 1. The number of methoxy groups -OCH3 is 3. The summed E-state index contributed by atoms with van der Waals surface area (Å²) in [6, 6.07) is 5.68. The van der Waals surface area contributed by atoms with Crippen LogP contribution in [0.15, 0.2) is 30.5 Å². The van der Waals surface area contributed by atoms with Crippen molar-refractivity contribution in [2.75, 3.05) is 21.3 Å². The van der Waals surface area contributed by atoms with E-state index in [1.54, 1.807) is 26.5 Å². The molecule has 0 radical (unpaired) electrons. The van der Waals surface area contributed by atoms with Gasteiger partial charge in [0.2, 0.25) is 0 Å². The number of ether oxygens (including phenoxy) is 3. The summed E-state index contributed by atoms with van der Waals surface area (Å²) in [5.74, 6) is 0.612. The van der Waals surface area contributed by atoms with Gasteiger partial charge in [0.25, 0.3) is 0 Å². The van der Waals surface area contributed by atoms with Gasteiger partial charge in [-0.2, -0.15) is 0 Å². The summed E-state index contributed by atoms with van der Waals surface area (Å²) >= 11 is 0. The van der Waals surface area contributed by atoms with Crippen molar-refractivity contribution in [1.82, 2.24) is 4.90 Å². The molecule has 3 rings (SSSR count). The van der Waals surface area contributed by atoms with Gasteiger partial charge in [-0.3, -0.25) is 4.79 Å². The Morgan fingerprint density at radius 1 is 1.19 bits per heavy atom. The number of fused-ring (bicyclic) bond motifs is 1. The highest BCUT2D eigenvalue weighted by Crippen LogP contribution is 2.44. The van der Waals surface area contributed by atoms with Crippen LogP contribution >= 0.6 is 0 Å². The van der Waals surface area contributed by atoms with E-state index >= 15 is 0 Å².